The Morgan fingerprint density at radius 3 is 2.55 bits per heavy atom. The number of carbonyl (C=O) groups excluding carboxylic acids is 3. The van der Waals surface area contributed by atoms with E-state index in [4.69, 9.17) is 4.74 Å². The van der Waals surface area contributed by atoms with Crippen LogP contribution in [0.3, 0.4) is 0 Å². The van der Waals surface area contributed by atoms with Crippen LogP contribution in [-0.2, 0) is 14.3 Å². The fourth-order valence-electron chi connectivity index (χ4n) is 5.88. The number of rotatable bonds is 5. The molecule has 2 amide bonds. The zero-order valence-electron chi connectivity index (χ0n) is 23.1. The monoisotopic (exact) mass is 612 g/mol. The van der Waals surface area contributed by atoms with Gasteiger partial charge in [0, 0.05) is 54.1 Å². The van der Waals surface area contributed by atoms with Crippen LogP contribution in [0.4, 0.5) is 4.39 Å². The van der Waals surface area contributed by atoms with Crippen LogP contribution < -0.4 is 0 Å². The zero-order valence-corrected chi connectivity index (χ0v) is 24.7. The summed E-state index contributed by atoms with van der Waals surface area (Å²) in [6.07, 6.45) is 8.75. The maximum atomic E-state index is 13.6. The molecule has 2 saturated heterocycles. The lowest BCUT2D eigenvalue weighted by molar-refractivity contribution is -0.147. The minimum Gasteiger partial charge on any atom is -0.379 e. The van der Waals surface area contributed by atoms with E-state index in [-0.39, 0.29) is 47.0 Å². The summed E-state index contributed by atoms with van der Waals surface area (Å²) in [4.78, 5) is 45.7. The molecule has 1 aliphatic carbocycles. The molecule has 212 valence electrons. The predicted molar refractivity (Wildman–Crippen MR) is 153 cm³/mol. The van der Waals surface area contributed by atoms with Crippen LogP contribution in [0, 0.1) is 17.7 Å². The average Bonchev–Trinajstić information content (AvgIpc) is 3.61. The average molecular weight is 614 g/mol. The predicted octanol–water partition coefficient (Wildman–Crippen LogP) is 5.01. The number of benzene rings is 1. The second kappa shape index (κ2) is 11.0. The number of carbonyl (C=O) groups is 3. The van der Waals surface area contributed by atoms with Gasteiger partial charge in [0.2, 0.25) is 12.3 Å². The van der Waals surface area contributed by atoms with Gasteiger partial charge in [-0.25, -0.2) is 4.39 Å². The number of ether oxygens (including phenoxy) is 1. The van der Waals surface area contributed by atoms with Gasteiger partial charge in [-0.1, -0.05) is 0 Å². The third-order valence-electron chi connectivity index (χ3n) is 8.23. The molecule has 6 rings (SSSR count). The van der Waals surface area contributed by atoms with Crippen molar-refractivity contribution in [1.82, 2.24) is 19.4 Å². The number of aromatic nitrogens is 2. The number of piperidine rings is 1. The van der Waals surface area contributed by atoms with Crippen molar-refractivity contribution >= 4 is 44.9 Å². The van der Waals surface area contributed by atoms with Gasteiger partial charge in [0.1, 0.15) is 11.9 Å². The summed E-state index contributed by atoms with van der Waals surface area (Å²) in [6, 6.07) is 6.01. The van der Waals surface area contributed by atoms with Crippen molar-refractivity contribution in [3.63, 3.8) is 0 Å². The Hall–Kier alpha value is -3.11. The number of Topliss-reactive ketones (excluding diaryl/α,β-unsaturated/α-hetero) is 1. The highest BCUT2D eigenvalue weighted by Gasteiger charge is 2.51. The van der Waals surface area contributed by atoms with Gasteiger partial charge in [-0.2, -0.15) is 0 Å². The number of pyridine rings is 1. The lowest BCUT2D eigenvalue weighted by atomic mass is 9.88. The summed E-state index contributed by atoms with van der Waals surface area (Å²) in [7, 11) is 1.71. The van der Waals surface area contributed by atoms with Crippen LogP contribution >= 0.6 is 15.9 Å². The van der Waals surface area contributed by atoms with Crippen molar-refractivity contribution < 1.29 is 23.5 Å². The van der Waals surface area contributed by atoms with Crippen LogP contribution in [-0.4, -0.2) is 75.3 Å². The van der Waals surface area contributed by atoms with Crippen molar-refractivity contribution in [2.45, 2.75) is 57.7 Å². The SMILES string of the molecule is COC(C)(C)C.O=CN1C2CCC(C2)C1C(=O)N1CC(C(=O)c2cn(-c3ccc(F)cc3Br)c3cnccc23)C1. The molecule has 0 radical (unpaired) electrons. The first-order valence-corrected chi connectivity index (χ1v) is 14.3. The van der Waals surface area contributed by atoms with Crippen molar-refractivity contribution in [2.24, 2.45) is 11.8 Å². The lowest BCUT2D eigenvalue weighted by Crippen LogP contribution is -2.59. The van der Waals surface area contributed by atoms with E-state index in [1.807, 2.05) is 25.3 Å². The molecule has 3 aromatic rings. The van der Waals surface area contributed by atoms with Gasteiger partial charge >= 0.3 is 0 Å². The Morgan fingerprint density at radius 2 is 1.90 bits per heavy atom. The minimum absolute atomic E-state index is 0.0302. The summed E-state index contributed by atoms with van der Waals surface area (Å²) in [5.74, 6) is -0.486. The van der Waals surface area contributed by atoms with Gasteiger partial charge in [-0.3, -0.25) is 19.4 Å². The third kappa shape index (κ3) is 5.31. The molecule has 3 unspecified atom stereocenters. The number of hydrogen-bond donors (Lipinski definition) is 0. The van der Waals surface area contributed by atoms with E-state index in [0.717, 1.165) is 36.6 Å². The number of fused-ring (bicyclic) bond motifs is 3. The number of nitrogens with zero attached hydrogens (tertiary/aromatic N) is 4. The maximum Gasteiger partial charge on any atom is 0.245 e. The molecule has 3 aliphatic rings. The van der Waals surface area contributed by atoms with Crippen molar-refractivity contribution in [1.29, 1.82) is 0 Å². The van der Waals surface area contributed by atoms with Crippen molar-refractivity contribution in [3.05, 3.63) is 58.7 Å². The molecule has 2 aromatic heterocycles. The van der Waals surface area contributed by atoms with E-state index in [0.29, 0.717) is 28.8 Å². The quantitative estimate of drug-likeness (QED) is 0.299. The van der Waals surface area contributed by atoms with Crippen LogP contribution in [0.15, 0.2) is 47.3 Å². The Labute approximate surface area is 241 Å². The first kappa shape index (κ1) is 28.4. The molecule has 10 heteroatoms. The Bertz CT molecular complexity index is 1450. The molecule has 2 bridgehead atoms. The molecular formula is C30H34BrFN4O4. The number of amides is 2. The molecular weight excluding hydrogens is 579 g/mol. The molecule has 1 saturated carbocycles. The van der Waals surface area contributed by atoms with Gasteiger partial charge < -0.3 is 19.1 Å². The van der Waals surface area contributed by atoms with Crippen LogP contribution in [0.25, 0.3) is 16.6 Å². The highest BCUT2D eigenvalue weighted by atomic mass is 79.9. The van der Waals surface area contributed by atoms with Gasteiger partial charge in [-0.15, -0.1) is 0 Å². The first-order valence-electron chi connectivity index (χ1n) is 13.5. The molecule has 3 atom stereocenters. The molecule has 1 aromatic carbocycles. The number of halogens is 2. The number of likely N-dealkylation sites (tertiary alicyclic amines) is 2. The summed E-state index contributed by atoms with van der Waals surface area (Å²) >= 11 is 3.41. The minimum atomic E-state index is -0.379. The first-order chi connectivity index (χ1) is 19.0. The molecule has 8 nitrogen and oxygen atoms in total. The number of hydrogen-bond acceptors (Lipinski definition) is 5. The fourth-order valence-corrected chi connectivity index (χ4v) is 6.42. The standard InChI is InChI=1S/C25H22BrFN4O3.C5H12O/c26-20-8-16(27)2-4-21(20)30-12-19(18-5-6-28-9-22(18)30)24(33)15-10-29(11-15)25(34)23-14-1-3-17(7-14)31(23)13-32;1-5(2,3)6-4/h2,4-6,8-9,12-15,17,23H,1,3,7,10-11H2;1-4H3. The van der Waals surface area contributed by atoms with Crippen molar-refractivity contribution in [3.8, 4) is 5.69 Å². The topological polar surface area (TPSA) is 84.7 Å². The summed E-state index contributed by atoms with van der Waals surface area (Å²) in [5, 5.41) is 0.765. The van der Waals surface area contributed by atoms with Gasteiger partial charge in [0.25, 0.3) is 0 Å². The highest BCUT2D eigenvalue weighted by Crippen LogP contribution is 2.43. The largest absolute Gasteiger partial charge is 0.379 e. The second-order valence-electron chi connectivity index (χ2n) is 11.7. The summed E-state index contributed by atoms with van der Waals surface area (Å²) < 4.78 is 21.0. The summed E-state index contributed by atoms with van der Waals surface area (Å²) in [5.41, 5.74) is 2.04. The van der Waals surface area contributed by atoms with Crippen LogP contribution in [0.1, 0.15) is 50.4 Å². The van der Waals surface area contributed by atoms with Crippen molar-refractivity contribution in [2.75, 3.05) is 20.2 Å². The highest BCUT2D eigenvalue weighted by molar-refractivity contribution is 9.10. The Kier molecular flexibility index (Phi) is 7.85. The number of methoxy groups -OCH3 is 1. The van der Waals surface area contributed by atoms with E-state index >= 15 is 0 Å². The lowest BCUT2D eigenvalue weighted by Gasteiger charge is -2.42. The molecule has 0 spiro atoms. The third-order valence-corrected chi connectivity index (χ3v) is 8.86. The maximum absolute atomic E-state index is 13.6. The van der Waals surface area contributed by atoms with E-state index in [9.17, 15) is 18.8 Å². The van der Waals surface area contributed by atoms with Gasteiger partial charge in [-0.05, 0) is 86.1 Å². The van der Waals surface area contributed by atoms with Gasteiger partial charge in [0.05, 0.1) is 28.9 Å². The van der Waals surface area contributed by atoms with E-state index < -0.39 is 0 Å². The number of ketones is 1. The molecule has 2 aliphatic heterocycles. The van der Waals surface area contributed by atoms with Gasteiger partial charge in [0.15, 0.2) is 5.78 Å². The normalized spacial score (nSPS) is 22.2. The summed E-state index contributed by atoms with van der Waals surface area (Å²) in [6.45, 7) is 6.78. The molecule has 4 heterocycles. The van der Waals surface area contributed by atoms with Crippen LogP contribution in [0.2, 0.25) is 0 Å². The van der Waals surface area contributed by atoms with Crippen LogP contribution in [0.5, 0.6) is 0 Å². The van der Waals surface area contributed by atoms with E-state index in [2.05, 4.69) is 20.9 Å². The van der Waals surface area contributed by atoms with E-state index in [1.165, 1.54) is 12.1 Å². The zero-order chi connectivity index (χ0) is 28.8. The molecule has 40 heavy (non-hydrogen) atoms. The molecule has 0 N–H and O–H groups in total. The second-order valence-corrected chi connectivity index (χ2v) is 12.6. The fraction of sp³-hybridized carbons (Fsp3) is 0.467. The molecule has 3 fully saturated rings. The smallest absolute Gasteiger partial charge is 0.245 e. The Morgan fingerprint density at radius 1 is 1.18 bits per heavy atom. The Balaban J connectivity index is 0.000000487. The van der Waals surface area contributed by atoms with E-state index in [1.54, 1.807) is 47.6 Å².